The molecule has 98 valence electrons. The second kappa shape index (κ2) is 4.85. The number of nitrogens with zero attached hydrogens (tertiary/aromatic N) is 2. The fraction of sp³-hybridized carbons (Fsp3) is 0.500. The Kier molecular flexibility index (Phi) is 3.59. The number of nitrogen functional groups attached to an aromatic ring is 1. The van der Waals surface area contributed by atoms with Gasteiger partial charge in [-0.05, 0) is 35.8 Å². The van der Waals surface area contributed by atoms with Gasteiger partial charge in [0.2, 0.25) is 0 Å². The molecule has 0 saturated carbocycles. The number of pyridine rings is 1. The van der Waals surface area contributed by atoms with Crippen molar-refractivity contribution >= 4 is 27.7 Å². The van der Waals surface area contributed by atoms with Crippen LogP contribution in [0.2, 0.25) is 0 Å². The molecule has 1 fully saturated rings. The number of morpholine rings is 1. The number of ether oxygens (including phenoxy) is 1. The third kappa shape index (κ3) is 2.49. The summed E-state index contributed by atoms with van der Waals surface area (Å²) < 4.78 is 6.15. The second-order valence-electron chi connectivity index (χ2n) is 4.91. The zero-order valence-corrected chi connectivity index (χ0v) is 12.0. The lowest BCUT2D eigenvalue weighted by Gasteiger charge is -2.42. The summed E-state index contributed by atoms with van der Waals surface area (Å²) in [6.07, 6.45) is 1.58. The van der Waals surface area contributed by atoms with Gasteiger partial charge in [0.1, 0.15) is 5.82 Å². The van der Waals surface area contributed by atoms with Crippen LogP contribution in [0.1, 0.15) is 24.2 Å². The molecular weight excluding hydrogens is 298 g/mol. The molecule has 0 aromatic carbocycles. The summed E-state index contributed by atoms with van der Waals surface area (Å²) in [5.74, 6) is 0.153. The van der Waals surface area contributed by atoms with E-state index < -0.39 is 0 Å². The minimum atomic E-state index is -0.329. The van der Waals surface area contributed by atoms with Gasteiger partial charge in [-0.2, -0.15) is 0 Å². The zero-order valence-electron chi connectivity index (χ0n) is 10.4. The van der Waals surface area contributed by atoms with E-state index in [1.54, 1.807) is 17.2 Å². The van der Waals surface area contributed by atoms with E-state index in [0.29, 0.717) is 25.3 Å². The summed E-state index contributed by atoms with van der Waals surface area (Å²) in [4.78, 5) is 18.3. The highest BCUT2D eigenvalue weighted by molar-refractivity contribution is 9.10. The summed E-state index contributed by atoms with van der Waals surface area (Å²) in [5.41, 5.74) is 5.88. The van der Waals surface area contributed by atoms with Crippen molar-refractivity contribution in [3.63, 3.8) is 0 Å². The molecule has 18 heavy (non-hydrogen) atoms. The Labute approximate surface area is 114 Å². The maximum atomic E-state index is 12.5. The monoisotopic (exact) mass is 313 g/mol. The standard InChI is InChI=1S/C12H16BrN3O2/c1-12(2)7-18-4-3-16(12)11(17)9-5-8(13)6-15-10(9)14/h5-6H,3-4,7H2,1-2H3,(H2,14,15). The molecule has 0 unspecified atom stereocenters. The molecule has 1 aliphatic heterocycles. The van der Waals surface area contributed by atoms with Crippen LogP contribution < -0.4 is 5.73 Å². The average molecular weight is 314 g/mol. The van der Waals surface area contributed by atoms with Gasteiger partial charge in [0.15, 0.2) is 0 Å². The summed E-state index contributed by atoms with van der Waals surface area (Å²) >= 11 is 3.30. The van der Waals surface area contributed by atoms with E-state index in [4.69, 9.17) is 10.5 Å². The van der Waals surface area contributed by atoms with Crippen molar-refractivity contribution in [1.29, 1.82) is 0 Å². The van der Waals surface area contributed by atoms with E-state index in [9.17, 15) is 4.79 Å². The fourth-order valence-corrected chi connectivity index (χ4v) is 2.33. The fourth-order valence-electron chi connectivity index (χ4n) is 2.00. The SMILES string of the molecule is CC1(C)COCCN1C(=O)c1cc(Br)cnc1N. The first-order valence-electron chi connectivity index (χ1n) is 5.72. The Morgan fingerprint density at radius 2 is 2.33 bits per heavy atom. The summed E-state index contributed by atoms with van der Waals surface area (Å²) in [7, 11) is 0. The zero-order chi connectivity index (χ0) is 13.3. The van der Waals surface area contributed by atoms with E-state index in [1.165, 1.54) is 0 Å². The van der Waals surface area contributed by atoms with Gasteiger partial charge in [0, 0.05) is 17.2 Å². The number of anilines is 1. The Morgan fingerprint density at radius 1 is 1.61 bits per heavy atom. The predicted octanol–water partition coefficient (Wildman–Crippen LogP) is 1.68. The number of aromatic nitrogens is 1. The Balaban J connectivity index is 2.33. The van der Waals surface area contributed by atoms with Crippen LogP contribution in [0.5, 0.6) is 0 Å². The highest BCUT2D eigenvalue weighted by atomic mass is 79.9. The van der Waals surface area contributed by atoms with Crippen molar-refractivity contribution in [2.45, 2.75) is 19.4 Å². The molecule has 0 spiro atoms. The van der Waals surface area contributed by atoms with Crippen LogP contribution in [0, 0.1) is 0 Å². The van der Waals surface area contributed by atoms with E-state index in [-0.39, 0.29) is 17.3 Å². The molecule has 0 bridgehead atoms. The molecule has 1 aromatic rings. The van der Waals surface area contributed by atoms with E-state index in [2.05, 4.69) is 20.9 Å². The molecule has 2 N–H and O–H groups in total. The number of rotatable bonds is 1. The molecule has 1 saturated heterocycles. The quantitative estimate of drug-likeness (QED) is 0.856. The summed E-state index contributed by atoms with van der Waals surface area (Å²) in [5, 5.41) is 0. The van der Waals surface area contributed by atoms with Crippen molar-refractivity contribution < 1.29 is 9.53 Å². The maximum Gasteiger partial charge on any atom is 0.258 e. The van der Waals surface area contributed by atoms with Crippen molar-refractivity contribution in [3.05, 3.63) is 22.3 Å². The molecule has 0 radical (unpaired) electrons. The Bertz CT molecular complexity index is 476. The second-order valence-corrected chi connectivity index (χ2v) is 5.82. The van der Waals surface area contributed by atoms with Crippen LogP contribution in [0.3, 0.4) is 0 Å². The molecule has 6 heteroatoms. The van der Waals surface area contributed by atoms with Crippen molar-refractivity contribution in [2.75, 3.05) is 25.5 Å². The lowest BCUT2D eigenvalue weighted by Crippen LogP contribution is -2.55. The largest absolute Gasteiger partial charge is 0.383 e. The van der Waals surface area contributed by atoms with Crippen LogP contribution in [0.15, 0.2) is 16.7 Å². The number of amides is 1. The van der Waals surface area contributed by atoms with E-state index in [1.807, 2.05) is 13.8 Å². The van der Waals surface area contributed by atoms with Gasteiger partial charge >= 0.3 is 0 Å². The maximum absolute atomic E-state index is 12.5. The van der Waals surface area contributed by atoms with Crippen molar-refractivity contribution in [2.24, 2.45) is 0 Å². The molecule has 1 amide bonds. The predicted molar refractivity (Wildman–Crippen MR) is 72.3 cm³/mol. The number of hydrogen-bond acceptors (Lipinski definition) is 4. The normalized spacial score (nSPS) is 18.7. The van der Waals surface area contributed by atoms with Gasteiger partial charge in [0.05, 0.1) is 24.3 Å². The highest BCUT2D eigenvalue weighted by Crippen LogP contribution is 2.24. The smallest absolute Gasteiger partial charge is 0.258 e. The first kappa shape index (κ1) is 13.3. The molecule has 1 aromatic heterocycles. The number of halogens is 1. The van der Waals surface area contributed by atoms with Gasteiger partial charge in [-0.1, -0.05) is 0 Å². The molecule has 1 aliphatic rings. The number of carbonyl (C=O) groups is 1. The number of carbonyl (C=O) groups excluding carboxylic acids is 1. The Morgan fingerprint density at radius 3 is 3.00 bits per heavy atom. The first-order valence-corrected chi connectivity index (χ1v) is 6.52. The van der Waals surface area contributed by atoms with Gasteiger partial charge in [0.25, 0.3) is 5.91 Å². The minimum Gasteiger partial charge on any atom is -0.383 e. The average Bonchev–Trinajstić information content (AvgIpc) is 2.31. The first-order chi connectivity index (χ1) is 8.42. The lowest BCUT2D eigenvalue weighted by molar-refractivity contribution is -0.0370. The number of hydrogen-bond donors (Lipinski definition) is 1. The molecule has 0 atom stereocenters. The summed E-state index contributed by atoms with van der Waals surface area (Å²) in [6, 6.07) is 1.70. The summed E-state index contributed by atoms with van der Waals surface area (Å²) in [6.45, 7) is 5.60. The van der Waals surface area contributed by atoms with E-state index >= 15 is 0 Å². The van der Waals surface area contributed by atoms with E-state index in [0.717, 1.165) is 4.47 Å². The third-order valence-electron chi connectivity index (χ3n) is 3.01. The van der Waals surface area contributed by atoms with Gasteiger partial charge < -0.3 is 15.4 Å². The molecule has 5 nitrogen and oxygen atoms in total. The minimum absolute atomic E-state index is 0.102. The van der Waals surface area contributed by atoms with Gasteiger partial charge in [-0.3, -0.25) is 4.79 Å². The third-order valence-corrected chi connectivity index (χ3v) is 3.44. The van der Waals surface area contributed by atoms with Crippen LogP contribution in [-0.2, 0) is 4.74 Å². The lowest BCUT2D eigenvalue weighted by atomic mass is 10.0. The molecule has 2 rings (SSSR count). The Hall–Kier alpha value is -1.14. The van der Waals surface area contributed by atoms with Crippen LogP contribution in [-0.4, -0.2) is 41.1 Å². The van der Waals surface area contributed by atoms with Crippen molar-refractivity contribution in [3.8, 4) is 0 Å². The van der Waals surface area contributed by atoms with Crippen LogP contribution in [0.4, 0.5) is 5.82 Å². The highest BCUT2D eigenvalue weighted by Gasteiger charge is 2.35. The van der Waals surface area contributed by atoms with Crippen molar-refractivity contribution in [1.82, 2.24) is 9.88 Å². The van der Waals surface area contributed by atoms with Crippen LogP contribution >= 0.6 is 15.9 Å². The topological polar surface area (TPSA) is 68.5 Å². The molecule has 2 heterocycles. The van der Waals surface area contributed by atoms with Gasteiger partial charge in [-0.15, -0.1) is 0 Å². The number of nitrogens with two attached hydrogens (primary N) is 1. The van der Waals surface area contributed by atoms with Gasteiger partial charge in [-0.25, -0.2) is 4.98 Å². The molecule has 0 aliphatic carbocycles. The van der Waals surface area contributed by atoms with Crippen LogP contribution in [0.25, 0.3) is 0 Å². The molecular formula is C12H16BrN3O2.